The molecule has 0 radical (unpaired) electrons. The molecule has 0 saturated heterocycles. The SMILES string of the molecule is O=C(CO/N=C\c1cccc(Cl)c1Cl)NCc1ccccc1. The van der Waals surface area contributed by atoms with E-state index in [1.54, 1.807) is 18.2 Å². The van der Waals surface area contributed by atoms with Gasteiger partial charge in [0.05, 0.1) is 16.3 Å². The predicted molar refractivity (Wildman–Crippen MR) is 88.3 cm³/mol. The van der Waals surface area contributed by atoms with Gasteiger partial charge in [0.15, 0.2) is 6.61 Å². The molecule has 0 aliphatic heterocycles. The molecule has 22 heavy (non-hydrogen) atoms. The van der Waals surface area contributed by atoms with Crippen molar-refractivity contribution in [3.8, 4) is 0 Å². The molecule has 2 aromatic rings. The number of benzene rings is 2. The average molecular weight is 337 g/mol. The van der Waals surface area contributed by atoms with Gasteiger partial charge in [0.2, 0.25) is 0 Å². The number of carbonyl (C=O) groups excluding carboxylic acids is 1. The van der Waals surface area contributed by atoms with E-state index in [4.69, 9.17) is 28.0 Å². The lowest BCUT2D eigenvalue weighted by Crippen LogP contribution is -2.26. The first kappa shape index (κ1) is 16.3. The first-order valence-corrected chi connectivity index (χ1v) is 7.32. The van der Waals surface area contributed by atoms with E-state index in [1.165, 1.54) is 6.21 Å². The Balaban J connectivity index is 1.75. The lowest BCUT2D eigenvalue weighted by Gasteiger charge is -2.04. The molecular weight excluding hydrogens is 323 g/mol. The largest absolute Gasteiger partial charge is 0.386 e. The number of hydrogen-bond acceptors (Lipinski definition) is 3. The van der Waals surface area contributed by atoms with E-state index in [9.17, 15) is 4.79 Å². The van der Waals surface area contributed by atoms with Crippen LogP contribution in [0.2, 0.25) is 10.0 Å². The highest BCUT2D eigenvalue weighted by Crippen LogP contribution is 2.24. The Labute approximate surface area is 138 Å². The summed E-state index contributed by atoms with van der Waals surface area (Å²) in [6, 6.07) is 14.8. The molecule has 2 aromatic carbocycles. The summed E-state index contributed by atoms with van der Waals surface area (Å²) in [4.78, 5) is 16.5. The molecule has 0 bridgehead atoms. The molecular formula is C16H14Cl2N2O2. The van der Waals surface area contributed by atoms with Crippen LogP contribution in [-0.2, 0) is 16.2 Å². The van der Waals surface area contributed by atoms with Crippen molar-refractivity contribution in [3.05, 3.63) is 69.7 Å². The van der Waals surface area contributed by atoms with E-state index >= 15 is 0 Å². The fourth-order valence-electron chi connectivity index (χ4n) is 1.66. The van der Waals surface area contributed by atoms with Crippen LogP contribution >= 0.6 is 23.2 Å². The molecule has 1 N–H and O–H groups in total. The standard InChI is InChI=1S/C16H14Cl2N2O2/c17-14-8-4-7-13(16(14)18)10-20-22-11-15(21)19-9-12-5-2-1-3-6-12/h1-8,10H,9,11H2,(H,19,21)/b20-10-. The minimum Gasteiger partial charge on any atom is -0.386 e. The smallest absolute Gasteiger partial charge is 0.261 e. The van der Waals surface area contributed by atoms with Crippen LogP contribution < -0.4 is 5.32 Å². The van der Waals surface area contributed by atoms with Gasteiger partial charge < -0.3 is 10.2 Å². The van der Waals surface area contributed by atoms with Crippen molar-refractivity contribution in [1.82, 2.24) is 5.32 Å². The van der Waals surface area contributed by atoms with Gasteiger partial charge in [-0.25, -0.2) is 0 Å². The molecule has 0 heterocycles. The van der Waals surface area contributed by atoms with Crippen LogP contribution in [0.1, 0.15) is 11.1 Å². The number of halogens is 2. The first-order chi connectivity index (χ1) is 10.7. The monoisotopic (exact) mass is 336 g/mol. The topological polar surface area (TPSA) is 50.7 Å². The van der Waals surface area contributed by atoms with Crippen molar-refractivity contribution in [3.63, 3.8) is 0 Å². The van der Waals surface area contributed by atoms with Crippen LogP contribution in [0.4, 0.5) is 0 Å². The van der Waals surface area contributed by atoms with Crippen LogP contribution in [-0.4, -0.2) is 18.7 Å². The number of hydrogen-bond donors (Lipinski definition) is 1. The van der Waals surface area contributed by atoms with Gasteiger partial charge >= 0.3 is 0 Å². The van der Waals surface area contributed by atoms with E-state index in [-0.39, 0.29) is 12.5 Å². The minimum atomic E-state index is -0.252. The summed E-state index contributed by atoms with van der Waals surface area (Å²) in [6.45, 7) is 0.286. The average Bonchev–Trinajstić information content (AvgIpc) is 2.54. The van der Waals surface area contributed by atoms with Gasteiger partial charge in [-0.3, -0.25) is 4.79 Å². The molecule has 0 aliphatic rings. The van der Waals surface area contributed by atoms with Crippen LogP contribution in [0, 0.1) is 0 Å². The molecule has 0 spiro atoms. The molecule has 0 fully saturated rings. The van der Waals surface area contributed by atoms with Crippen molar-refractivity contribution >= 4 is 35.3 Å². The van der Waals surface area contributed by atoms with Crippen molar-refractivity contribution in [2.45, 2.75) is 6.54 Å². The third-order valence-electron chi connectivity index (χ3n) is 2.78. The Bertz CT molecular complexity index is 660. The van der Waals surface area contributed by atoms with Crippen LogP contribution in [0.3, 0.4) is 0 Å². The van der Waals surface area contributed by atoms with Gasteiger partial charge in [-0.2, -0.15) is 0 Å². The second-order valence-corrected chi connectivity index (χ2v) is 5.20. The molecule has 2 rings (SSSR count). The van der Waals surface area contributed by atoms with Gasteiger partial charge in [-0.1, -0.05) is 70.8 Å². The summed E-state index contributed by atoms with van der Waals surface area (Å²) in [7, 11) is 0. The summed E-state index contributed by atoms with van der Waals surface area (Å²) in [6.07, 6.45) is 1.42. The molecule has 0 saturated carbocycles. The quantitative estimate of drug-likeness (QED) is 0.646. The van der Waals surface area contributed by atoms with Gasteiger partial charge in [-0.05, 0) is 11.6 Å². The lowest BCUT2D eigenvalue weighted by atomic mass is 10.2. The zero-order chi connectivity index (χ0) is 15.8. The number of oxime groups is 1. The lowest BCUT2D eigenvalue weighted by molar-refractivity contribution is -0.125. The van der Waals surface area contributed by atoms with Gasteiger partial charge in [0.1, 0.15) is 0 Å². The number of nitrogens with zero attached hydrogens (tertiary/aromatic N) is 1. The van der Waals surface area contributed by atoms with Crippen molar-refractivity contribution in [2.24, 2.45) is 5.16 Å². The Kier molecular flexibility index (Phi) is 6.25. The maximum Gasteiger partial charge on any atom is 0.261 e. The van der Waals surface area contributed by atoms with Gasteiger partial charge in [0, 0.05) is 12.1 Å². The third kappa shape index (κ3) is 5.06. The summed E-state index contributed by atoms with van der Waals surface area (Å²) in [5, 5.41) is 7.27. The van der Waals surface area contributed by atoms with Crippen molar-refractivity contribution in [1.29, 1.82) is 0 Å². The van der Waals surface area contributed by atoms with Crippen molar-refractivity contribution < 1.29 is 9.63 Å². The second kappa shape index (κ2) is 8.41. The Morgan fingerprint density at radius 3 is 2.68 bits per heavy atom. The molecule has 1 amide bonds. The fraction of sp³-hybridized carbons (Fsp3) is 0.125. The fourth-order valence-corrected chi connectivity index (χ4v) is 2.01. The molecule has 6 heteroatoms. The van der Waals surface area contributed by atoms with Crippen LogP contribution in [0.5, 0.6) is 0 Å². The van der Waals surface area contributed by atoms with Crippen molar-refractivity contribution in [2.75, 3.05) is 6.61 Å². The number of amides is 1. The summed E-state index contributed by atoms with van der Waals surface area (Å²) >= 11 is 11.9. The highest BCUT2D eigenvalue weighted by atomic mass is 35.5. The first-order valence-electron chi connectivity index (χ1n) is 6.57. The predicted octanol–water partition coefficient (Wildman–Crippen LogP) is 3.66. The number of nitrogens with one attached hydrogen (secondary N) is 1. The van der Waals surface area contributed by atoms with Crippen LogP contribution in [0.15, 0.2) is 53.7 Å². The molecule has 4 nitrogen and oxygen atoms in total. The van der Waals surface area contributed by atoms with E-state index in [1.807, 2.05) is 30.3 Å². The summed E-state index contributed by atoms with van der Waals surface area (Å²) in [5.74, 6) is -0.252. The van der Waals surface area contributed by atoms with E-state index in [0.717, 1.165) is 5.56 Å². The molecule has 0 aromatic heterocycles. The Hall–Kier alpha value is -2.04. The zero-order valence-corrected chi connectivity index (χ0v) is 13.1. The maximum atomic E-state index is 11.6. The third-order valence-corrected chi connectivity index (χ3v) is 3.61. The van der Waals surface area contributed by atoms with E-state index in [0.29, 0.717) is 22.2 Å². The minimum absolute atomic E-state index is 0.165. The normalized spacial score (nSPS) is 10.6. The number of rotatable bonds is 6. The second-order valence-electron chi connectivity index (χ2n) is 4.41. The zero-order valence-electron chi connectivity index (χ0n) is 11.6. The Morgan fingerprint density at radius 1 is 1.14 bits per heavy atom. The highest BCUT2D eigenvalue weighted by Gasteiger charge is 2.03. The molecule has 0 atom stereocenters. The van der Waals surface area contributed by atoms with Gasteiger partial charge in [-0.15, -0.1) is 0 Å². The highest BCUT2D eigenvalue weighted by molar-refractivity contribution is 6.43. The summed E-state index contributed by atoms with van der Waals surface area (Å²) < 4.78 is 0. The maximum absolute atomic E-state index is 11.6. The van der Waals surface area contributed by atoms with Crippen LogP contribution in [0.25, 0.3) is 0 Å². The molecule has 114 valence electrons. The van der Waals surface area contributed by atoms with Gasteiger partial charge in [0.25, 0.3) is 5.91 Å². The summed E-state index contributed by atoms with van der Waals surface area (Å²) in [5.41, 5.74) is 1.64. The molecule has 0 unspecified atom stereocenters. The number of carbonyl (C=O) groups is 1. The van der Waals surface area contributed by atoms with E-state index in [2.05, 4.69) is 10.5 Å². The Morgan fingerprint density at radius 2 is 1.91 bits per heavy atom. The molecule has 0 aliphatic carbocycles. The van der Waals surface area contributed by atoms with E-state index < -0.39 is 0 Å².